The Bertz CT molecular complexity index is 1120. The number of rotatable bonds is 6. The highest BCUT2D eigenvalue weighted by atomic mass is 127. The van der Waals surface area contributed by atoms with E-state index in [-0.39, 0.29) is 30.0 Å². The molecule has 162 valence electrons. The van der Waals surface area contributed by atoms with Gasteiger partial charge in [-0.05, 0) is 31.5 Å². The van der Waals surface area contributed by atoms with E-state index in [0.29, 0.717) is 19.0 Å². The van der Waals surface area contributed by atoms with Gasteiger partial charge in [0.2, 0.25) is 0 Å². The van der Waals surface area contributed by atoms with Gasteiger partial charge in [-0.2, -0.15) is 0 Å². The van der Waals surface area contributed by atoms with E-state index in [1.54, 1.807) is 0 Å². The minimum absolute atomic E-state index is 0. The van der Waals surface area contributed by atoms with Gasteiger partial charge in [0.1, 0.15) is 17.2 Å². The minimum atomic E-state index is -0.0549. The van der Waals surface area contributed by atoms with Gasteiger partial charge in [0.25, 0.3) is 0 Å². The van der Waals surface area contributed by atoms with E-state index in [9.17, 15) is 0 Å². The molecule has 4 aromatic rings. The third-order valence-corrected chi connectivity index (χ3v) is 5.08. The summed E-state index contributed by atoms with van der Waals surface area (Å²) in [4.78, 5) is 4.76. The van der Waals surface area contributed by atoms with E-state index in [4.69, 9.17) is 9.41 Å². The number of nitrogens with zero attached hydrogens (tertiary/aromatic N) is 4. The molecule has 8 heteroatoms. The van der Waals surface area contributed by atoms with Crippen LogP contribution in [0.25, 0.3) is 11.0 Å². The van der Waals surface area contributed by atoms with Crippen molar-refractivity contribution >= 4 is 40.9 Å². The molecule has 0 aliphatic heterocycles. The first kappa shape index (κ1) is 22.8. The number of halogens is 1. The molecule has 0 saturated heterocycles. The smallest absolute Gasteiger partial charge is 0.192 e. The Morgan fingerprint density at radius 3 is 2.55 bits per heavy atom. The molecule has 0 fully saturated rings. The van der Waals surface area contributed by atoms with E-state index < -0.39 is 0 Å². The lowest BCUT2D eigenvalue weighted by molar-refractivity contribution is 0.487. The van der Waals surface area contributed by atoms with E-state index >= 15 is 0 Å². The molecular formula is C23H27IN6O. The van der Waals surface area contributed by atoms with Gasteiger partial charge in [0.15, 0.2) is 11.8 Å². The molecule has 0 amide bonds. The number of nitrogens with one attached hydrogen (secondary N) is 2. The molecule has 31 heavy (non-hydrogen) atoms. The normalized spacial score (nSPS) is 12.4. The Morgan fingerprint density at radius 2 is 1.84 bits per heavy atom. The van der Waals surface area contributed by atoms with Crippen molar-refractivity contribution in [2.45, 2.75) is 33.0 Å². The number of aromatic nitrogens is 3. The number of furan rings is 1. The number of hydrogen-bond acceptors (Lipinski definition) is 4. The first-order chi connectivity index (χ1) is 14.6. The molecule has 0 radical (unpaired) electrons. The van der Waals surface area contributed by atoms with Gasteiger partial charge in [-0.15, -0.1) is 34.2 Å². The average Bonchev–Trinajstić information content (AvgIpc) is 3.34. The third-order valence-electron chi connectivity index (χ3n) is 5.08. The van der Waals surface area contributed by atoms with Crippen LogP contribution in [-0.2, 0) is 20.1 Å². The highest BCUT2D eigenvalue weighted by Gasteiger charge is 2.14. The number of guanidine groups is 1. The predicted octanol–water partition coefficient (Wildman–Crippen LogP) is 4.48. The molecule has 1 unspecified atom stereocenters. The summed E-state index contributed by atoms with van der Waals surface area (Å²) in [6.07, 6.45) is 0. The van der Waals surface area contributed by atoms with Crippen LogP contribution in [0.1, 0.15) is 35.9 Å². The summed E-state index contributed by atoms with van der Waals surface area (Å²) in [5.74, 6) is 3.27. The SMILES string of the molecule is Cc1nnc(CNC(=NCc2ccccc2)NC(C)c2cc3ccccc3o2)n1C.I. The zero-order valence-electron chi connectivity index (χ0n) is 17.9. The zero-order chi connectivity index (χ0) is 20.9. The largest absolute Gasteiger partial charge is 0.459 e. The van der Waals surface area contributed by atoms with Gasteiger partial charge in [-0.25, -0.2) is 4.99 Å². The van der Waals surface area contributed by atoms with Crippen LogP contribution in [0.3, 0.4) is 0 Å². The van der Waals surface area contributed by atoms with Crippen LogP contribution in [0.15, 0.2) is 70.1 Å². The topological polar surface area (TPSA) is 80.3 Å². The lowest BCUT2D eigenvalue weighted by atomic mass is 10.2. The summed E-state index contributed by atoms with van der Waals surface area (Å²) in [6, 6.07) is 20.2. The molecule has 0 aliphatic carbocycles. The van der Waals surface area contributed by atoms with Crippen molar-refractivity contribution in [3.05, 3.63) is 83.6 Å². The Labute approximate surface area is 199 Å². The second-order valence-corrected chi connectivity index (χ2v) is 7.28. The van der Waals surface area contributed by atoms with Crippen molar-refractivity contribution < 1.29 is 4.42 Å². The highest BCUT2D eigenvalue weighted by Crippen LogP contribution is 2.23. The Morgan fingerprint density at radius 1 is 1.10 bits per heavy atom. The summed E-state index contributed by atoms with van der Waals surface area (Å²) in [6.45, 7) is 5.08. The quantitative estimate of drug-likeness (QED) is 0.218. The van der Waals surface area contributed by atoms with Crippen LogP contribution in [0, 0.1) is 6.92 Å². The second-order valence-electron chi connectivity index (χ2n) is 7.28. The molecule has 0 spiro atoms. The Balaban J connectivity index is 0.00000272. The monoisotopic (exact) mass is 530 g/mol. The summed E-state index contributed by atoms with van der Waals surface area (Å²) in [7, 11) is 1.96. The van der Waals surface area contributed by atoms with Crippen molar-refractivity contribution in [1.29, 1.82) is 0 Å². The molecule has 7 nitrogen and oxygen atoms in total. The van der Waals surface area contributed by atoms with Crippen LogP contribution < -0.4 is 10.6 Å². The number of para-hydroxylation sites is 1. The lowest BCUT2D eigenvalue weighted by Gasteiger charge is -2.17. The molecule has 2 aromatic heterocycles. The van der Waals surface area contributed by atoms with Gasteiger partial charge in [-0.3, -0.25) is 0 Å². The average molecular weight is 530 g/mol. The van der Waals surface area contributed by atoms with Crippen molar-refractivity contribution in [3.63, 3.8) is 0 Å². The van der Waals surface area contributed by atoms with Crippen LogP contribution in [0.4, 0.5) is 0 Å². The molecule has 0 bridgehead atoms. The number of aliphatic imine (C=N–C) groups is 1. The predicted molar refractivity (Wildman–Crippen MR) is 133 cm³/mol. The van der Waals surface area contributed by atoms with E-state index in [2.05, 4.69) is 46.0 Å². The first-order valence-corrected chi connectivity index (χ1v) is 10.0. The molecule has 2 heterocycles. The van der Waals surface area contributed by atoms with Gasteiger partial charge in [-0.1, -0.05) is 48.5 Å². The lowest BCUT2D eigenvalue weighted by Crippen LogP contribution is -2.38. The highest BCUT2D eigenvalue weighted by molar-refractivity contribution is 14.0. The molecule has 0 aliphatic rings. The van der Waals surface area contributed by atoms with Gasteiger partial charge in [0.05, 0.1) is 19.1 Å². The van der Waals surface area contributed by atoms with Crippen molar-refractivity contribution in [2.24, 2.45) is 12.0 Å². The van der Waals surface area contributed by atoms with Crippen molar-refractivity contribution in [3.8, 4) is 0 Å². The van der Waals surface area contributed by atoms with Gasteiger partial charge < -0.3 is 19.6 Å². The minimum Gasteiger partial charge on any atom is -0.459 e. The molecule has 1 atom stereocenters. The Kier molecular flexibility index (Phi) is 7.67. The molecular weight excluding hydrogens is 503 g/mol. The van der Waals surface area contributed by atoms with Crippen LogP contribution >= 0.6 is 24.0 Å². The van der Waals surface area contributed by atoms with Crippen LogP contribution in [0.2, 0.25) is 0 Å². The Hall–Kier alpha value is -2.88. The van der Waals surface area contributed by atoms with Crippen molar-refractivity contribution in [1.82, 2.24) is 25.4 Å². The fourth-order valence-corrected chi connectivity index (χ4v) is 3.17. The third kappa shape index (κ3) is 5.63. The number of aryl methyl sites for hydroxylation is 1. The van der Waals surface area contributed by atoms with Gasteiger partial charge >= 0.3 is 0 Å². The summed E-state index contributed by atoms with van der Waals surface area (Å²) in [5.41, 5.74) is 2.02. The maximum absolute atomic E-state index is 6.01. The van der Waals surface area contributed by atoms with Crippen LogP contribution in [0.5, 0.6) is 0 Å². The van der Waals surface area contributed by atoms with E-state index in [0.717, 1.165) is 33.9 Å². The standard InChI is InChI=1S/C23H26N6O.HI/c1-16(21-13-19-11-7-8-12-20(19)30-21)26-23(24-14-18-9-5-4-6-10-18)25-15-22-28-27-17(2)29(22)3;/h4-13,16H,14-15H2,1-3H3,(H2,24,25,26);1H. The maximum atomic E-state index is 6.01. The fourth-order valence-electron chi connectivity index (χ4n) is 3.17. The second kappa shape index (κ2) is 10.4. The fraction of sp³-hybridized carbons (Fsp3) is 0.261. The number of benzene rings is 2. The number of hydrogen-bond donors (Lipinski definition) is 2. The summed E-state index contributed by atoms with van der Waals surface area (Å²) >= 11 is 0. The van der Waals surface area contributed by atoms with E-state index in [1.165, 1.54) is 0 Å². The molecule has 2 N–H and O–H groups in total. The summed E-state index contributed by atoms with van der Waals surface area (Å²) in [5, 5.41) is 16.2. The molecule has 2 aromatic carbocycles. The zero-order valence-corrected chi connectivity index (χ0v) is 20.2. The molecule has 0 saturated carbocycles. The van der Waals surface area contributed by atoms with Gasteiger partial charge in [0, 0.05) is 12.4 Å². The maximum Gasteiger partial charge on any atom is 0.192 e. The first-order valence-electron chi connectivity index (χ1n) is 10.0. The molecule has 4 rings (SSSR count). The number of fused-ring (bicyclic) bond motifs is 1. The van der Waals surface area contributed by atoms with Crippen molar-refractivity contribution in [2.75, 3.05) is 0 Å². The van der Waals surface area contributed by atoms with E-state index in [1.807, 2.05) is 61.0 Å². The summed E-state index contributed by atoms with van der Waals surface area (Å²) < 4.78 is 7.97. The van der Waals surface area contributed by atoms with Crippen LogP contribution in [-0.4, -0.2) is 20.7 Å².